The molecule has 4 heteroatoms. The van der Waals surface area contributed by atoms with Gasteiger partial charge < -0.3 is 19.7 Å². The molecular formula is C17H30N2O2. The van der Waals surface area contributed by atoms with Gasteiger partial charge in [-0.3, -0.25) is 0 Å². The Balaban J connectivity index is 2.21. The molecule has 0 aliphatic carbocycles. The molecule has 0 atom stereocenters. The second-order valence-corrected chi connectivity index (χ2v) is 4.97. The fourth-order valence-electron chi connectivity index (χ4n) is 2.20. The summed E-state index contributed by atoms with van der Waals surface area (Å²) in [6, 6.07) is 8.36. The van der Waals surface area contributed by atoms with Gasteiger partial charge in [-0.25, -0.2) is 0 Å². The van der Waals surface area contributed by atoms with Crippen molar-refractivity contribution in [2.75, 3.05) is 51.4 Å². The minimum atomic E-state index is 0.771. The number of rotatable bonds is 12. The van der Waals surface area contributed by atoms with Crippen LogP contribution in [0.15, 0.2) is 24.3 Å². The summed E-state index contributed by atoms with van der Waals surface area (Å²) in [5.74, 6) is 0.965. The van der Waals surface area contributed by atoms with Crippen LogP contribution >= 0.6 is 0 Å². The third kappa shape index (κ3) is 7.34. The van der Waals surface area contributed by atoms with Crippen molar-refractivity contribution in [2.24, 2.45) is 0 Å². The quantitative estimate of drug-likeness (QED) is 0.601. The third-order valence-electron chi connectivity index (χ3n) is 3.45. The van der Waals surface area contributed by atoms with E-state index in [4.69, 9.17) is 9.47 Å². The molecule has 0 unspecified atom stereocenters. The lowest BCUT2D eigenvalue weighted by Crippen LogP contribution is -2.21. The highest BCUT2D eigenvalue weighted by Gasteiger charge is 2.03. The average molecular weight is 294 g/mol. The smallest absolute Gasteiger partial charge is 0.121 e. The molecule has 4 nitrogen and oxygen atoms in total. The molecule has 1 aromatic carbocycles. The van der Waals surface area contributed by atoms with Crippen molar-refractivity contribution in [3.8, 4) is 5.75 Å². The normalized spacial score (nSPS) is 10.6. The molecule has 0 bridgehead atoms. The van der Waals surface area contributed by atoms with Gasteiger partial charge in [0, 0.05) is 38.5 Å². The van der Waals surface area contributed by atoms with E-state index in [-0.39, 0.29) is 0 Å². The van der Waals surface area contributed by atoms with Gasteiger partial charge in [-0.2, -0.15) is 0 Å². The summed E-state index contributed by atoms with van der Waals surface area (Å²) in [4.78, 5) is 2.33. The molecule has 0 saturated carbocycles. The van der Waals surface area contributed by atoms with Crippen LogP contribution in [0, 0.1) is 0 Å². The first kappa shape index (κ1) is 17.8. The summed E-state index contributed by atoms with van der Waals surface area (Å²) in [6.07, 6.45) is 2.19. The van der Waals surface area contributed by atoms with Gasteiger partial charge in [0.15, 0.2) is 0 Å². The molecule has 1 rings (SSSR count). The van der Waals surface area contributed by atoms with E-state index in [0.29, 0.717) is 0 Å². The highest BCUT2D eigenvalue weighted by Crippen LogP contribution is 2.21. The third-order valence-corrected chi connectivity index (χ3v) is 3.45. The predicted molar refractivity (Wildman–Crippen MR) is 89.5 cm³/mol. The summed E-state index contributed by atoms with van der Waals surface area (Å²) in [6.45, 7) is 9.87. The molecular weight excluding hydrogens is 264 g/mol. The van der Waals surface area contributed by atoms with Gasteiger partial charge in [-0.15, -0.1) is 0 Å². The van der Waals surface area contributed by atoms with Gasteiger partial charge in [-0.05, 0) is 45.4 Å². The molecule has 1 aromatic rings. The SMILES string of the molecule is CCN(CC)c1cccc(OCCCCNCCOC)c1. The van der Waals surface area contributed by atoms with Crippen LogP contribution < -0.4 is 15.0 Å². The second-order valence-electron chi connectivity index (χ2n) is 4.97. The van der Waals surface area contributed by atoms with Gasteiger partial charge in [0.2, 0.25) is 0 Å². The first-order valence-electron chi connectivity index (χ1n) is 7.99. The molecule has 0 saturated heterocycles. The van der Waals surface area contributed by atoms with E-state index in [9.17, 15) is 0 Å². The average Bonchev–Trinajstić information content (AvgIpc) is 2.52. The molecule has 1 N–H and O–H groups in total. The molecule has 0 aliphatic heterocycles. The molecule has 0 radical (unpaired) electrons. The first-order valence-corrected chi connectivity index (χ1v) is 7.99. The van der Waals surface area contributed by atoms with E-state index < -0.39 is 0 Å². The van der Waals surface area contributed by atoms with Crippen LogP contribution in [-0.4, -0.2) is 46.5 Å². The number of hydrogen-bond acceptors (Lipinski definition) is 4. The largest absolute Gasteiger partial charge is 0.494 e. The van der Waals surface area contributed by atoms with E-state index in [0.717, 1.165) is 58.0 Å². The Morgan fingerprint density at radius 2 is 1.86 bits per heavy atom. The number of hydrogen-bond donors (Lipinski definition) is 1. The molecule has 120 valence electrons. The Kier molecular flexibility index (Phi) is 9.66. The van der Waals surface area contributed by atoms with Crippen LogP contribution in [0.1, 0.15) is 26.7 Å². The standard InChI is InChI=1S/C17H30N2O2/c1-4-19(5-2)16-9-8-10-17(15-16)21-13-7-6-11-18-12-14-20-3/h8-10,15,18H,4-7,11-14H2,1-3H3. The van der Waals surface area contributed by atoms with Crippen LogP contribution in [0.5, 0.6) is 5.75 Å². The zero-order valence-electron chi connectivity index (χ0n) is 13.7. The fraction of sp³-hybridized carbons (Fsp3) is 0.647. The Hall–Kier alpha value is -1.26. The number of methoxy groups -OCH3 is 1. The summed E-state index contributed by atoms with van der Waals surface area (Å²) in [5.41, 5.74) is 1.23. The Morgan fingerprint density at radius 3 is 2.57 bits per heavy atom. The van der Waals surface area contributed by atoms with Crippen molar-refractivity contribution in [2.45, 2.75) is 26.7 Å². The van der Waals surface area contributed by atoms with Crippen molar-refractivity contribution in [3.05, 3.63) is 24.3 Å². The van der Waals surface area contributed by atoms with Gasteiger partial charge in [-0.1, -0.05) is 6.07 Å². The van der Waals surface area contributed by atoms with Crippen molar-refractivity contribution in [1.29, 1.82) is 0 Å². The number of ether oxygens (including phenoxy) is 2. The van der Waals surface area contributed by atoms with E-state index in [2.05, 4.69) is 42.3 Å². The van der Waals surface area contributed by atoms with Gasteiger partial charge >= 0.3 is 0 Å². The van der Waals surface area contributed by atoms with Crippen molar-refractivity contribution < 1.29 is 9.47 Å². The van der Waals surface area contributed by atoms with Gasteiger partial charge in [0.05, 0.1) is 13.2 Å². The number of benzene rings is 1. The molecule has 0 fully saturated rings. The predicted octanol–water partition coefficient (Wildman–Crippen LogP) is 2.93. The van der Waals surface area contributed by atoms with Crippen LogP contribution in [0.2, 0.25) is 0 Å². The summed E-state index contributed by atoms with van der Waals surface area (Å²) in [5, 5.41) is 3.34. The molecule has 0 amide bonds. The van der Waals surface area contributed by atoms with E-state index >= 15 is 0 Å². The number of anilines is 1. The zero-order valence-corrected chi connectivity index (χ0v) is 13.7. The van der Waals surface area contributed by atoms with Crippen LogP contribution in [-0.2, 0) is 4.74 Å². The molecule has 0 aromatic heterocycles. The number of nitrogens with one attached hydrogen (secondary N) is 1. The van der Waals surface area contributed by atoms with Crippen molar-refractivity contribution in [3.63, 3.8) is 0 Å². The van der Waals surface area contributed by atoms with Crippen LogP contribution in [0.4, 0.5) is 5.69 Å². The highest BCUT2D eigenvalue weighted by atomic mass is 16.5. The number of unbranched alkanes of at least 4 members (excludes halogenated alkanes) is 1. The highest BCUT2D eigenvalue weighted by molar-refractivity contribution is 5.50. The van der Waals surface area contributed by atoms with Crippen molar-refractivity contribution in [1.82, 2.24) is 5.32 Å². The zero-order chi connectivity index (χ0) is 15.3. The fourth-order valence-corrected chi connectivity index (χ4v) is 2.20. The minimum Gasteiger partial charge on any atom is -0.494 e. The maximum Gasteiger partial charge on any atom is 0.121 e. The maximum atomic E-state index is 5.83. The summed E-state index contributed by atoms with van der Waals surface area (Å²) < 4.78 is 10.8. The second kappa shape index (κ2) is 11.4. The maximum absolute atomic E-state index is 5.83. The van der Waals surface area contributed by atoms with Crippen LogP contribution in [0.3, 0.4) is 0 Å². The molecule has 0 heterocycles. The Morgan fingerprint density at radius 1 is 1.05 bits per heavy atom. The lowest BCUT2D eigenvalue weighted by atomic mass is 10.2. The Bertz CT molecular complexity index is 368. The van der Waals surface area contributed by atoms with Gasteiger partial charge in [0.25, 0.3) is 0 Å². The van der Waals surface area contributed by atoms with E-state index in [1.54, 1.807) is 7.11 Å². The Labute approximate surface area is 129 Å². The molecule has 21 heavy (non-hydrogen) atoms. The summed E-state index contributed by atoms with van der Waals surface area (Å²) in [7, 11) is 1.72. The van der Waals surface area contributed by atoms with Crippen molar-refractivity contribution >= 4 is 5.69 Å². The van der Waals surface area contributed by atoms with Gasteiger partial charge in [0.1, 0.15) is 5.75 Å². The summed E-state index contributed by atoms with van der Waals surface area (Å²) >= 11 is 0. The van der Waals surface area contributed by atoms with Crippen LogP contribution in [0.25, 0.3) is 0 Å². The topological polar surface area (TPSA) is 33.7 Å². The number of nitrogens with zero attached hydrogens (tertiary/aromatic N) is 1. The lowest BCUT2D eigenvalue weighted by Gasteiger charge is -2.21. The van der Waals surface area contributed by atoms with E-state index in [1.165, 1.54) is 5.69 Å². The molecule has 0 aliphatic rings. The lowest BCUT2D eigenvalue weighted by molar-refractivity contribution is 0.199. The monoisotopic (exact) mass is 294 g/mol. The minimum absolute atomic E-state index is 0.771. The molecule has 0 spiro atoms. The van der Waals surface area contributed by atoms with E-state index in [1.807, 2.05) is 6.07 Å². The first-order chi connectivity index (χ1) is 10.3.